The average Bonchev–Trinajstić information content (AvgIpc) is 2.88. The Balaban J connectivity index is 1.21. The van der Waals surface area contributed by atoms with E-state index in [1.54, 1.807) is 0 Å². The molecule has 2 N–H and O–H groups in total. The molecule has 0 radical (unpaired) electrons. The van der Waals surface area contributed by atoms with Crippen LogP contribution in [0.2, 0.25) is 0 Å². The van der Waals surface area contributed by atoms with E-state index in [0.29, 0.717) is 17.6 Å². The second kappa shape index (κ2) is 12.5. The van der Waals surface area contributed by atoms with Crippen molar-refractivity contribution >= 4 is 11.7 Å². The molecule has 7 nitrogen and oxygen atoms in total. The lowest BCUT2D eigenvalue weighted by Crippen LogP contribution is -2.52. The first-order valence-corrected chi connectivity index (χ1v) is 14.6. The predicted molar refractivity (Wildman–Crippen MR) is 145 cm³/mol. The summed E-state index contributed by atoms with van der Waals surface area (Å²) in [5.74, 6) is 2.01. The van der Waals surface area contributed by atoms with Crippen LogP contribution in [0, 0.1) is 11.8 Å². The number of aliphatic hydroxyl groups excluding tert-OH is 1. The van der Waals surface area contributed by atoms with Gasteiger partial charge in [0.2, 0.25) is 5.91 Å². The van der Waals surface area contributed by atoms with Gasteiger partial charge >= 0.3 is 0 Å². The molecule has 3 fully saturated rings. The molecule has 2 heterocycles. The van der Waals surface area contributed by atoms with Crippen LogP contribution >= 0.6 is 0 Å². The first kappa shape index (κ1) is 29.1. The second-order valence-corrected chi connectivity index (χ2v) is 12.9. The molecule has 4 rings (SSSR count). The molecule has 1 aliphatic heterocycles. The molecule has 0 aromatic carbocycles. The zero-order chi connectivity index (χ0) is 27.4. The van der Waals surface area contributed by atoms with Gasteiger partial charge in [-0.3, -0.25) is 9.69 Å². The van der Waals surface area contributed by atoms with Crippen molar-refractivity contribution in [2.75, 3.05) is 31.1 Å². The maximum absolute atomic E-state index is 13.6. The lowest BCUT2D eigenvalue weighted by molar-refractivity contribution is -0.127. The number of hydrogen-bond donors (Lipinski definition) is 2. The zero-order valence-corrected chi connectivity index (χ0v) is 23.6. The summed E-state index contributed by atoms with van der Waals surface area (Å²) < 4.78 is 27.1. The van der Waals surface area contributed by atoms with Crippen LogP contribution < -0.4 is 10.2 Å². The normalized spacial score (nSPS) is 29.5. The highest BCUT2D eigenvalue weighted by atomic mass is 19.3. The number of piperazine rings is 1. The number of anilines is 1. The summed E-state index contributed by atoms with van der Waals surface area (Å²) in [5, 5.41) is 13.0. The van der Waals surface area contributed by atoms with E-state index in [2.05, 4.69) is 32.0 Å². The third kappa shape index (κ3) is 7.62. The number of carbonyl (C=O) groups excluding carboxylic acids is 1. The van der Waals surface area contributed by atoms with Crippen molar-refractivity contribution in [1.82, 2.24) is 20.2 Å². The highest BCUT2D eigenvalue weighted by Gasteiger charge is 2.31. The Kier molecular flexibility index (Phi) is 9.61. The number of alkyl halides is 2. The van der Waals surface area contributed by atoms with Crippen LogP contribution in [0.15, 0.2) is 6.07 Å². The van der Waals surface area contributed by atoms with Gasteiger partial charge in [0.05, 0.1) is 6.10 Å². The molecule has 0 unspecified atom stereocenters. The minimum absolute atomic E-state index is 0.0705. The Hall–Kier alpha value is -1.87. The van der Waals surface area contributed by atoms with E-state index in [1.165, 1.54) is 6.07 Å². The topological polar surface area (TPSA) is 81.6 Å². The van der Waals surface area contributed by atoms with Gasteiger partial charge in [0.1, 0.15) is 17.3 Å². The largest absolute Gasteiger partial charge is 0.393 e. The Labute approximate surface area is 226 Å². The summed E-state index contributed by atoms with van der Waals surface area (Å²) >= 11 is 0. The van der Waals surface area contributed by atoms with Crippen LogP contribution in [-0.2, 0) is 10.2 Å². The molecule has 0 bridgehead atoms. The summed E-state index contributed by atoms with van der Waals surface area (Å²) in [5.41, 5.74) is -0.592. The number of carbonyl (C=O) groups is 1. The minimum atomic E-state index is -2.61. The van der Waals surface area contributed by atoms with Crippen LogP contribution in [-0.4, -0.2) is 70.2 Å². The molecule has 1 aromatic heterocycles. The van der Waals surface area contributed by atoms with Crippen LogP contribution in [0.3, 0.4) is 0 Å². The molecule has 214 valence electrons. The number of aromatic nitrogens is 2. The number of nitrogens with one attached hydrogen (secondary N) is 1. The minimum Gasteiger partial charge on any atom is -0.393 e. The fourth-order valence-corrected chi connectivity index (χ4v) is 6.24. The number of amides is 1. The van der Waals surface area contributed by atoms with Gasteiger partial charge < -0.3 is 15.3 Å². The lowest BCUT2D eigenvalue weighted by Gasteiger charge is -2.41. The van der Waals surface area contributed by atoms with Crippen molar-refractivity contribution in [3.63, 3.8) is 0 Å². The molecule has 2 saturated carbocycles. The van der Waals surface area contributed by atoms with E-state index < -0.39 is 11.8 Å². The van der Waals surface area contributed by atoms with Gasteiger partial charge in [0.25, 0.3) is 6.43 Å². The number of aliphatic hydroxyl groups is 1. The first-order valence-electron chi connectivity index (χ1n) is 14.6. The Morgan fingerprint density at radius 2 is 1.76 bits per heavy atom. The molecule has 38 heavy (non-hydrogen) atoms. The maximum Gasteiger partial charge on any atom is 0.280 e. The van der Waals surface area contributed by atoms with Gasteiger partial charge in [-0.1, -0.05) is 20.8 Å². The smallest absolute Gasteiger partial charge is 0.280 e. The van der Waals surface area contributed by atoms with Gasteiger partial charge in [0.15, 0.2) is 0 Å². The van der Waals surface area contributed by atoms with Gasteiger partial charge in [-0.05, 0) is 77.2 Å². The predicted octanol–water partition coefficient (Wildman–Crippen LogP) is 4.84. The van der Waals surface area contributed by atoms with E-state index in [0.717, 1.165) is 84.0 Å². The number of hydrogen-bond acceptors (Lipinski definition) is 6. The monoisotopic (exact) mass is 535 g/mol. The average molecular weight is 536 g/mol. The van der Waals surface area contributed by atoms with Crippen LogP contribution in [0.25, 0.3) is 0 Å². The molecular formula is C29H47F2N5O2. The van der Waals surface area contributed by atoms with Crippen molar-refractivity contribution in [1.29, 1.82) is 0 Å². The standard InChI is InChI=1S/C29H47F2N5O2/c1-19-18-35(15-16-36(19)25-17-24(26(30)31)33-28(34-25)29(2,3)4)14-13-20-5-9-22(10-6-20)32-27(38)21-7-11-23(37)12-8-21/h17,19-23,26,37H,5-16,18H2,1-4H3,(H,32,38)/t19-,20-,21-,22-,23+/m0/s1. The van der Waals surface area contributed by atoms with E-state index >= 15 is 0 Å². The van der Waals surface area contributed by atoms with Crippen LogP contribution in [0.5, 0.6) is 0 Å². The van der Waals surface area contributed by atoms with Crippen molar-refractivity contribution in [3.8, 4) is 0 Å². The third-order valence-corrected chi connectivity index (χ3v) is 8.75. The highest BCUT2D eigenvalue weighted by Crippen LogP contribution is 2.31. The zero-order valence-electron chi connectivity index (χ0n) is 23.6. The molecule has 9 heteroatoms. The summed E-state index contributed by atoms with van der Waals surface area (Å²) in [6.45, 7) is 11.6. The highest BCUT2D eigenvalue weighted by molar-refractivity contribution is 5.79. The Morgan fingerprint density at radius 1 is 1.08 bits per heavy atom. The molecule has 3 aliphatic rings. The molecular weight excluding hydrogens is 488 g/mol. The maximum atomic E-state index is 13.6. The van der Waals surface area contributed by atoms with Crippen LogP contribution in [0.4, 0.5) is 14.6 Å². The summed E-state index contributed by atoms with van der Waals surface area (Å²) in [6.07, 6.45) is 5.80. The molecule has 2 aliphatic carbocycles. The fourth-order valence-electron chi connectivity index (χ4n) is 6.24. The quantitative estimate of drug-likeness (QED) is 0.520. The van der Waals surface area contributed by atoms with Gasteiger partial charge in [-0.2, -0.15) is 0 Å². The first-order chi connectivity index (χ1) is 18.0. The van der Waals surface area contributed by atoms with Gasteiger partial charge in [-0.25, -0.2) is 18.7 Å². The fraction of sp³-hybridized carbons (Fsp3) is 0.828. The van der Waals surface area contributed by atoms with Crippen molar-refractivity contribution < 1.29 is 18.7 Å². The van der Waals surface area contributed by atoms with Crippen LogP contribution in [0.1, 0.15) is 103 Å². The molecule has 1 amide bonds. The van der Waals surface area contributed by atoms with E-state index in [4.69, 9.17) is 0 Å². The summed E-state index contributed by atoms with van der Waals surface area (Å²) in [7, 11) is 0. The third-order valence-electron chi connectivity index (χ3n) is 8.75. The second-order valence-electron chi connectivity index (χ2n) is 12.9. The Morgan fingerprint density at radius 3 is 2.37 bits per heavy atom. The summed E-state index contributed by atoms with van der Waals surface area (Å²) in [6, 6.07) is 1.93. The van der Waals surface area contributed by atoms with Gasteiger partial charge in [0, 0.05) is 49.1 Å². The SMILES string of the molecule is C[C@H]1CN(CC[C@H]2CC[C@H](NC(=O)[C@H]3CC[C@@H](O)CC3)CC2)CCN1c1cc(C(F)F)nc(C(C)(C)C)n1. The molecule has 1 aromatic rings. The number of rotatable bonds is 7. The van der Waals surface area contributed by atoms with Gasteiger partial charge in [-0.15, -0.1) is 0 Å². The van der Waals surface area contributed by atoms with E-state index in [-0.39, 0.29) is 35.7 Å². The van der Waals surface area contributed by atoms with Crippen molar-refractivity contribution in [3.05, 3.63) is 17.6 Å². The lowest BCUT2D eigenvalue weighted by atomic mass is 9.83. The van der Waals surface area contributed by atoms with Crippen molar-refractivity contribution in [2.24, 2.45) is 11.8 Å². The number of nitrogens with zero attached hydrogens (tertiary/aromatic N) is 4. The van der Waals surface area contributed by atoms with Crippen molar-refractivity contribution in [2.45, 2.75) is 116 Å². The summed E-state index contributed by atoms with van der Waals surface area (Å²) in [4.78, 5) is 26.1. The molecule has 1 atom stereocenters. The van der Waals surface area contributed by atoms with E-state index in [9.17, 15) is 18.7 Å². The Bertz CT molecular complexity index is 924. The number of halogens is 2. The molecule has 0 spiro atoms. The van der Waals surface area contributed by atoms with E-state index in [1.807, 2.05) is 20.8 Å². The molecule has 1 saturated heterocycles.